The fourth-order valence-electron chi connectivity index (χ4n) is 3.80. The van der Waals surface area contributed by atoms with Crippen LogP contribution >= 0.6 is 0 Å². The van der Waals surface area contributed by atoms with Gasteiger partial charge >= 0.3 is 0 Å². The number of fused-ring (bicyclic) bond motifs is 1. The number of ether oxygens (including phenoxy) is 1. The maximum atomic E-state index is 11.1. The molecule has 0 fully saturated rings. The van der Waals surface area contributed by atoms with E-state index in [0.717, 1.165) is 48.3 Å². The van der Waals surface area contributed by atoms with Crippen LogP contribution in [-0.4, -0.2) is 29.3 Å². The SMILES string of the molecule is O=C(/C=C/c1ccc(CNCCc2c[nH]c3ccc(OCCc4ccccc4)cc23)cc1)NO. The van der Waals surface area contributed by atoms with Gasteiger partial charge in [0.05, 0.1) is 6.61 Å². The monoisotopic (exact) mass is 455 g/mol. The van der Waals surface area contributed by atoms with E-state index in [0.29, 0.717) is 6.61 Å². The average Bonchev–Trinajstić information content (AvgIpc) is 3.28. The molecule has 174 valence electrons. The summed E-state index contributed by atoms with van der Waals surface area (Å²) in [5.41, 5.74) is 7.29. The number of carbonyl (C=O) groups is 1. The summed E-state index contributed by atoms with van der Waals surface area (Å²) in [6.45, 7) is 2.27. The normalized spacial score (nSPS) is 11.2. The average molecular weight is 456 g/mol. The van der Waals surface area contributed by atoms with Crippen LogP contribution in [-0.2, 0) is 24.2 Å². The Morgan fingerprint density at radius 3 is 2.59 bits per heavy atom. The highest BCUT2D eigenvalue weighted by atomic mass is 16.5. The Balaban J connectivity index is 1.26. The van der Waals surface area contributed by atoms with Gasteiger partial charge in [0.1, 0.15) is 5.75 Å². The zero-order valence-electron chi connectivity index (χ0n) is 19.0. The smallest absolute Gasteiger partial charge is 0.267 e. The zero-order chi connectivity index (χ0) is 23.6. The lowest BCUT2D eigenvalue weighted by atomic mass is 10.1. The highest BCUT2D eigenvalue weighted by Gasteiger charge is 2.06. The first-order valence-electron chi connectivity index (χ1n) is 11.4. The molecule has 4 N–H and O–H groups in total. The minimum absolute atomic E-state index is 0.547. The number of hydrogen-bond acceptors (Lipinski definition) is 4. The summed E-state index contributed by atoms with van der Waals surface area (Å²) >= 11 is 0. The molecule has 1 aromatic heterocycles. The molecule has 0 aliphatic rings. The first-order valence-corrected chi connectivity index (χ1v) is 11.4. The molecule has 0 aliphatic carbocycles. The lowest BCUT2D eigenvalue weighted by molar-refractivity contribution is -0.124. The van der Waals surface area contributed by atoms with E-state index in [2.05, 4.69) is 52.9 Å². The third kappa shape index (κ3) is 6.57. The van der Waals surface area contributed by atoms with Crippen molar-refractivity contribution in [1.29, 1.82) is 0 Å². The molecule has 0 saturated heterocycles. The van der Waals surface area contributed by atoms with Crippen LogP contribution in [0.2, 0.25) is 0 Å². The molecule has 0 radical (unpaired) electrons. The molecule has 0 spiro atoms. The summed E-state index contributed by atoms with van der Waals surface area (Å²) in [5, 5.41) is 13.2. The highest BCUT2D eigenvalue weighted by molar-refractivity contribution is 5.90. The Morgan fingerprint density at radius 1 is 0.971 bits per heavy atom. The second-order valence-corrected chi connectivity index (χ2v) is 8.08. The van der Waals surface area contributed by atoms with Crippen LogP contribution in [0.4, 0.5) is 0 Å². The molecule has 3 aromatic carbocycles. The van der Waals surface area contributed by atoms with Crippen molar-refractivity contribution in [2.45, 2.75) is 19.4 Å². The molecule has 4 rings (SSSR count). The van der Waals surface area contributed by atoms with E-state index in [1.54, 1.807) is 11.6 Å². The molecule has 1 amide bonds. The van der Waals surface area contributed by atoms with E-state index in [1.165, 1.54) is 22.6 Å². The number of aromatic nitrogens is 1. The zero-order valence-corrected chi connectivity index (χ0v) is 19.0. The van der Waals surface area contributed by atoms with Crippen molar-refractivity contribution in [3.05, 3.63) is 107 Å². The number of carbonyl (C=O) groups excluding carboxylic acids is 1. The van der Waals surface area contributed by atoms with Gasteiger partial charge in [0.15, 0.2) is 0 Å². The number of hydrogen-bond donors (Lipinski definition) is 4. The van der Waals surface area contributed by atoms with Gasteiger partial charge in [-0.2, -0.15) is 0 Å². The van der Waals surface area contributed by atoms with Crippen molar-refractivity contribution in [3.8, 4) is 5.75 Å². The summed E-state index contributed by atoms with van der Waals surface area (Å²) in [6.07, 6.45) is 6.81. The first-order chi connectivity index (χ1) is 16.7. The van der Waals surface area contributed by atoms with Crippen LogP contribution in [0.25, 0.3) is 17.0 Å². The Labute approximate surface area is 199 Å². The second-order valence-electron chi connectivity index (χ2n) is 8.08. The summed E-state index contributed by atoms with van der Waals surface area (Å²) in [6, 6.07) is 24.5. The third-order valence-corrected chi connectivity index (χ3v) is 5.66. The van der Waals surface area contributed by atoms with Gasteiger partial charge in [0.25, 0.3) is 5.91 Å². The minimum Gasteiger partial charge on any atom is -0.493 e. The fraction of sp³-hybridized carbons (Fsp3) is 0.179. The largest absolute Gasteiger partial charge is 0.493 e. The van der Waals surface area contributed by atoms with Crippen molar-refractivity contribution >= 4 is 22.9 Å². The number of benzene rings is 3. The maximum Gasteiger partial charge on any atom is 0.267 e. The van der Waals surface area contributed by atoms with Crippen LogP contribution in [0.5, 0.6) is 5.75 Å². The van der Waals surface area contributed by atoms with Crippen molar-refractivity contribution < 1.29 is 14.7 Å². The molecule has 1 heterocycles. The number of nitrogens with one attached hydrogen (secondary N) is 3. The Morgan fingerprint density at radius 2 is 1.79 bits per heavy atom. The van der Waals surface area contributed by atoms with Crippen LogP contribution in [0.15, 0.2) is 85.1 Å². The minimum atomic E-state index is -0.547. The van der Waals surface area contributed by atoms with Gasteiger partial charge in [0, 0.05) is 36.1 Å². The topological polar surface area (TPSA) is 86.4 Å². The number of aromatic amines is 1. The van der Waals surface area contributed by atoms with Gasteiger partial charge in [-0.1, -0.05) is 54.6 Å². The Bertz CT molecular complexity index is 1230. The number of hydroxylamine groups is 1. The molecule has 0 saturated carbocycles. The van der Waals surface area contributed by atoms with Crippen LogP contribution in [0, 0.1) is 0 Å². The van der Waals surface area contributed by atoms with E-state index in [1.807, 2.05) is 36.4 Å². The Kier molecular flexibility index (Phi) is 8.11. The molecule has 6 heteroatoms. The quantitative estimate of drug-likeness (QED) is 0.115. The molecule has 0 aliphatic heterocycles. The van der Waals surface area contributed by atoms with Gasteiger partial charge in [-0.25, -0.2) is 5.48 Å². The molecule has 4 aromatic rings. The summed E-state index contributed by atoms with van der Waals surface area (Å²) in [4.78, 5) is 14.4. The molecule has 0 atom stereocenters. The van der Waals surface area contributed by atoms with E-state index in [-0.39, 0.29) is 0 Å². The number of rotatable bonds is 11. The van der Waals surface area contributed by atoms with E-state index in [4.69, 9.17) is 9.94 Å². The van der Waals surface area contributed by atoms with Gasteiger partial charge in [-0.3, -0.25) is 10.0 Å². The number of amides is 1. The van der Waals surface area contributed by atoms with Crippen molar-refractivity contribution in [2.24, 2.45) is 0 Å². The van der Waals surface area contributed by atoms with Crippen molar-refractivity contribution in [1.82, 2.24) is 15.8 Å². The van der Waals surface area contributed by atoms with E-state index < -0.39 is 5.91 Å². The van der Waals surface area contributed by atoms with Crippen molar-refractivity contribution in [3.63, 3.8) is 0 Å². The van der Waals surface area contributed by atoms with Gasteiger partial charge < -0.3 is 15.0 Å². The lowest BCUT2D eigenvalue weighted by Crippen LogP contribution is -2.16. The summed E-state index contributed by atoms with van der Waals surface area (Å²) < 4.78 is 6.00. The fourth-order valence-corrected chi connectivity index (χ4v) is 3.80. The van der Waals surface area contributed by atoms with Gasteiger partial charge in [0.2, 0.25) is 0 Å². The maximum absolute atomic E-state index is 11.1. The molecule has 6 nitrogen and oxygen atoms in total. The molecular weight excluding hydrogens is 426 g/mol. The lowest BCUT2D eigenvalue weighted by Gasteiger charge is -2.08. The van der Waals surface area contributed by atoms with Crippen LogP contribution in [0.3, 0.4) is 0 Å². The molecule has 0 bridgehead atoms. The third-order valence-electron chi connectivity index (χ3n) is 5.66. The highest BCUT2D eigenvalue weighted by Crippen LogP contribution is 2.24. The predicted octanol–water partition coefficient (Wildman–Crippen LogP) is 4.64. The van der Waals surface area contributed by atoms with E-state index >= 15 is 0 Å². The second kappa shape index (κ2) is 11.8. The summed E-state index contributed by atoms with van der Waals surface area (Å²) in [7, 11) is 0. The number of H-pyrrole nitrogens is 1. The standard InChI is InChI=1S/C28H29N3O3/c32-28(31-33)13-10-22-6-8-23(9-7-22)19-29-16-14-24-20-30-27-12-11-25(18-26(24)27)34-17-15-21-4-2-1-3-5-21/h1-13,18,20,29-30,33H,14-17,19H2,(H,31,32)/b13-10+. The first kappa shape index (κ1) is 23.3. The predicted molar refractivity (Wildman–Crippen MR) is 135 cm³/mol. The van der Waals surface area contributed by atoms with Crippen molar-refractivity contribution in [2.75, 3.05) is 13.2 Å². The van der Waals surface area contributed by atoms with E-state index in [9.17, 15) is 4.79 Å². The van der Waals surface area contributed by atoms with Crippen LogP contribution < -0.4 is 15.5 Å². The Hall–Kier alpha value is -3.87. The summed E-state index contributed by atoms with van der Waals surface area (Å²) in [5.74, 6) is 0.344. The molecule has 0 unspecified atom stereocenters. The van der Waals surface area contributed by atoms with Crippen LogP contribution in [0.1, 0.15) is 22.3 Å². The van der Waals surface area contributed by atoms with Gasteiger partial charge in [-0.05, 0) is 59.5 Å². The molecule has 34 heavy (non-hydrogen) atoms. The molecular formula is C28H29N3O3. The van der Waals surface area contributed by atoms with Gasteiger partial charge in [-0.15, -0.1) is 0 Å².